The van der Waals surface area contributed by atoms with E-state index in [1.54, 1.807) is 14.1 Å². The number of nitrogens with one attached hydrogen (secondary N) is 1. The molecule has 3 N–H and O–H groups in total. The Bertz CT molecular complexity index is 166. The van der Waals surface area contributed by atoms with Gasteiger partial charge in [-0.25, -0.2) is 4.79 Å². The van der Waals surface area contributed by atoms with Crippen molar-refractivity contribution < 1.29 is 4.79 Å². The first-order valence-corrected chi connectivity index (χ1v) is 4.54. The van der Waals surface area contributed by atoms with Crippen LogP contribution in [0, 0.1) is 5.41 Å². The number of hydrogen-bond acceptors (Lipinski definition) is 2. The highest BCUT2D eigenvalue weighted by atomic mass is 16.2. The molecule has 0 radical (unpaired) electrons. The molecule has 13 heavy (non-hydrogen) atoms. The van der Waals surface area contributed by atoms with E-state index in [0.29, 0.717) is 13.1 Å². The molecule has 0 atom stereocenters. The first-order valence-electron chi connectivity index (χ1n) is 4.54. The van der Waals surface area contributed by atoms with Crippen molar-refractivity contribution in [3.05, 3.63) is 0 Å². The Morgan fingerprint density at radius 1 is 1.46 bits per heavy atom. The van der Waals surface area contributed by atoms with Crippen LogP contribution in [0.1, 0.15) is 20.3 Å². The van der Waals surface area contributed by atoms with Gasteiger partial charge in [-0.05, 0) is 18.4 Å². The summed E-state index contributed by atoms with van der Waals surface area (Å²) in [5.74, 6) is 0. The molecule has 2 amide bonds. The lowest BCUT2D eigenvalue weighted by atomic mass is 9.89. The molecule has 0 fully saturated rings. The summed E-state index contributed by atoms with van der Waals surface area (Å²) < 4.78 is 0. The lowest BCUT2D eigenvalue weighted by Crippen LogP contribution is -2.40. The molecule has 0 saturated heterocycles. The van der Waals surface area contributed by atoms with Crippen LogP contribution in [0.3, 0.4) is 0 Å². The highest BCUT2D eigenvalue weighted by molar-refractivity contribution is 5.73. The molecule has 0 saturated carbocycles. The van der Waals surface area contributed by atoms with Crippen LogP contribution in [-0.4, -0.2) is 38.1 Å². The molecule has 0 heterocycles. The van der Waals surface area contributed by atoms with E-state index < -0.39 is 0 Å². The number of nitrogens with two attached hydrogens (primary N) is 1. The summed E-state index contributed by atoms with van der Waals surface area (Å²) in [7, 11) is 3.45. The van der Waals surface area contributed by atoms with Crippen LogP contribution in [0.25, 0.3) is 0 Å². The maximum Gasteiger partial charge on any atom is 0.316 e. The summed E-state index contributed by atoms with van der Waals surface area (Å²) in [6.07, 6.45) is 0.917. The van der Waals surface area contributed by atoms with Gasteiger partial charge in [0.1, 0.15) is 0 Å². The van der Waals surface area contributed by atoms with Crippen molar-refractivity contribution in [2.24, 2.45) is 11.1 Å². The summed E-state index contributed by atoms with van der Waals surface area (Å²) in [6, 6.07) is -0.0508. The first kappa shape index (κ1) is 12.2. The van der Waals surface area contributed by atoms with Gasteiger partial charge in [0.2, 0.25) is 0 Å². The van der Waals surface area contributed by atoms with E-state index in [1.165, 1.54) is 4.90 Å². The van der Waals surface area contributed by atoms with Crippen LogP contribution >= 0.6 is 0 Å². The van der Waals surface area contributed by atoms with Crippen LogP contribution in [0.15, 0.2) is 0 Å². The molecule has 0 spiro atoms. The van der Waals surface area contributed by atoms with Crippen molar-refractivity contribution in [3.63, 3.8) is 0 Å². The van der Waals surface area contributed by atoms with E-state index in [9.17, 15) is 4.79 Å². The Morgan fingerprint density at radius 3 is 2.38 bits per heavy atom. The monoisotopic (exact) mass is 187 g/mol. The minimum atomic E-state index is -0.0508. The third-order valence-corrected chi connectivity index (χ3v) is 1.95. The van der Waals surface area contributed by atoms with Gasteiger partial charge in [-0.3, -0.25) is 0 Å². The molecule has 0 aromatic rings. The quantitative estimate of drug-likeness (QED) is 0.678. The maximum absolute atomic E-state index is 11.2. The Hall–Kier alpha value is -0.770. The van der Waals surface area contributed by atoms with Gasteiger partial charge in [-0.15, -0.1) is 0 Å². The second kappa shape index (κ2) is 5.07. The zero-order chi connectivity index (χ0) is 10.5. The number of rotatable bonds is 4. The molecule has 4 nitrogen and oxygen atoms in total. The molecule has 0 bridgehead atoms. The van der Waals surface area contributed by atoms with Gasteiger partial charge in [0.05, 0.1) is 0 Å². The molecule has 0 aliphatic heterocycles. The zero-order valence-corrected chi connectivity index (χ0v) is 9.05. The van der Waals surface area contributed by atoms with Gasteiger partial charge in [0, 0.05) is 20.6 Å². The molecule has 0 rings (SSSR count). The molecule has 4 heteroatoms. The number of urea groups is 1. The molecule has 0 aromatic heterocycles. The average Bonchev–Trinajstić information content (AvgIpc) is 2.00. The van der Waals surface area contributed by atoms with Gasteiger partial charge in [-0.1, -0.05) is 13.8 Å². The van der Waals surface area contributed by atoms with Crippen molar-refractivity contribution in [1.29, 1.82) is 0 Å². The standard InChI is InChI=1S/C9H21N3O/c1-9(2,5-6-10)7-11-8(13)12(3)4/h5-7,10H2,1-4H3,(H,11,13). The number of carbonyl (C=O) groups excluding carboxylic acids is 1. The van der Waals surface area contributed by atoms with E-state index in [0.717, 1.165) is 6.42 Å². The highest BCUT2D eigenvalue weighted by Crippen LogP contribution is 2.17. The van der Waals surface area contributed by atoms with E-state index in [-0.39, 0.29) is 11.4 Å². The van der Waals surface area contributed by atoms with Gasteiger partial charge in [-0.2, -0.15) is 0 Å². The SMILES string of the molecule is CN(C)C(=O)NCC(C)(C)CCN. The van der Waals surface area contributed by atoms with Crippen LogP contribution in [-0.2, 0) is 0 Å². The first-order chi connectivity index (χ1) is 5.89. The minimum absolute atomic E-state index is 0.0508. The van der Waals surface area contributed by atoms with E-state index in [2.05, 4.69) is 19.2 Å². The topological polar surface area (TPSA) is 58.4 Å². The van der Waals surface area contributed by atoms with E-state index in [4.69, 9.17) is 5.73 Å². The van der Waals surface area contributed by atoms with E-state index >= 15 is 0 Å². The molecule has 78 valence electrons. The van der Waals surface area contributed by atoms with Crippen LogP contribution in [0.4, 0.5) is 4.79 Å². The Kier molecular flexibility index (Phi) is 4.77. The number of nitrogens with zero attached hydrogens (tertiary/aromatic N) is 1. The Labute approximate surface area is 80.5 Å². The molecule has 0 aliphatic carbocycles. The van der Waals surface area contributed by atoms with Gasteiger partial charge in [0.15, 0.2) is 0 Å². The molecular formula is C9H21N3O. The van der Waals surface area contributed by atoms with Gasteiger partial charge in [0.25, 0.3) is 0 Å². The van der Waals surface area contributed by atoms with Gasteiger partial charge >= 0.3 is 6.03 Å². The zero-order valence-electron chi connectivity index (χ0n) is 9.05. The van der Waals surface area contributed by atoms with Crippen molar-refractivity contribution in [1.82, 2.24) is 10.2 Å². The molecule has 0 aliphatic rings. The van der Waals surface area contributed by atoms with Crippen molar-refractivity contribution >= 4 is 6.03 Å². The Balaban J connectivity index is 3.80. The lowest BCUT2D eigenvalue weighted by Gasteiger charge is -2.25. The van der Waals surface area contributed by atoms with Crippen molar-refractivity contribution in [3.8, 4) is 0 Å². The molecule has 0 aromatic carbocycles. The Morgan fingerprint density at radius 2 is 2.00 bits per heavy atom. The fourth-order valence-electron chi connectivity index (χ4n) is 0.952. The molecular weight excluding hydrogens is 166 g/mol. The normalized spacial score (nSPS) is 11.2. The van der Waals surface area contributed by atoms with Crippen LogP contribution < -0.4 is 11.1 Å². The maximum atomic E-state index is 11.2. The highest BCUT2D eigenvalue weighted by Gasteiger charge is 2.17. The average molecular weight is 187 g/mol. The summed E-state index contributed by atoms with van der Waals surface area (Å²) in [4.78, 5) is 12.7. The van der Waals surface area contributed by atoms with Crippen LogP contribution in [0.5, 0.6) is 0 Å². The summed E-state index contributed by atoms with van der Waals surface area (Å²) in [5.41, 5.74) is 5.54. The van der Waals surface area contributed by atoms with Crippen molar-refractivity contribution in [2.75, 3.05) is 27.2 Å². The summed E-state index contributed by atoms with van der Waals surface area (Å²) >= 11 is 0. The third-order valence-electron chi connectivity index (χ3n) is 1.95. The number of carbonyl (C=O) groups is 1. The predicted octanol–water partition coefficient (Wildman–Crippen LogP) is 0.633. The fraction of sp³-hybridized carbons (Fsp3) is 0.889. The summed E-state index contributed by atoms with van der Waals surface area (Å²) in [5, 5.41) is 2.84. The van der Waals surface area contributed by atoms with Gasteiger partial charge < -0.3 is 16.0 Å². The lowest BCUT2D eigenvalue weighted by molar-refractivity contribution is 0.209. The third kappa shape index (κ3) is 5.47. The second-order valence-corrected chi connectivity index (χ2v) is 4.26. The number of hydrogen-bond donors (Lipinski definition) is 2. The van der Waals surface area contributed by atoms with E-state index in [1.807, 2.05) is 0 Å². The molecule has 0 unspecified atom stereocenters. The fourth-order valence-corrected chi connectivity index (χ4v) is 0.952. The van der Waals surface area contributed by atoms with Crippen molar-refractivity contribution in [2.45, 2.75) is 20.3 Å². The predicted molar refractivity (Wildman–Crippen MR) is 54.5 cm³/mol. The van der Waals surface area contributed by atoms with Crippen LogP contribution in [0.2, 0.25) is 0 Å². The number of amides is 2. The largest absolute Gasteiger partial charge is 0.337 e. The smallest absolute Gasteiger partial charge is 0.316 e. The summed E-state index contributed by atoms with van der Waals surface area (Å²) in [6.45, 7) is 5.51. The second-order valence-electron chi connectivity index (χ2n) is 4.26. The minimum Gasteiger partial charge on any atom is -0.337 e.